The molecule has 0 heterocycles. The number of halogens is 1. The summed E-state index contributed by atoms with van der Waals surface area (Å²) in [5, 5.41) is 6.10. The molecule has 1 amide bonds. The van der Waals surface area contributed by atoms with E-state index in [2.05, 4.69) is 57.4 Å². The number of nitrogens with zero attached hydrogens (tertiary/aromatic N) is 1. The van der Waals surface area contributed by atoms with Crippen LogP contribution in [0.3, 0.4) is 0 Å². The molecule has 0 fully saturated rings. The van der Waals surface area contributed by atoms with E-state index in [-0.39, 0.29) is 12.5 Å². The van der Waals surface area contributed by atoms with Gasteiger partial charge in [-0.3, -0.25) is 4.79 Å². The zero-order chi connectivity index (χ0) is 17.5. The van der Waals surface area contributed by atoms with Gasteiger partial charge in [0.2, 0.25) is 5.91 Å². The zero-order valence-electron chi connectivity index (χ0n) is 14.4. The number of rotatable bonds is 7. The monoisotopic (exact) mass is 389 g/mol. The normalized spacial score (nSPS) is 10.3. The largest absolute Gasteiger partial charge is 0.375 e. The second-order valence-corrected chi connectivity index (χ2v) is 6.41. The van der Waals surface area contributed by atoms with Gasteiger partial charge >= 0.3 is 0 Å². The number of benzene rings is 2. The van der Waals surface area contributed by atoms with E-state index < -0.39 is 0 Å². The number of carbonyl (C=O) groups excluding carboxylic acids is 1. The second kappa shape index (κ2) is 8.73. The summed E-state index contributed by atoms with van der Waals surface area (Å²) in [6.07, 6.45) is 0. The smallest absolute Gasteiger partial charge is 0.243 e. The molecular weight excluding hydrogens is 366 g/mol. The molecule has 128 valence electrons. The molecule has 2 N–H and O–H groups in total. The van der Waals surface area contributed by atoms with Gasteiger partial charge in [0.25, 0.3) is 0 Å². The minimum absolute atomic E-state index is 0.0653. The van der Waals surface area contributed by atoms with Crippen LogP contribution in [0.15, 0.2) is 46.9 Å². The number of hydrogen-bond acceptors (Lipinski definition) is 3. The summed E-state index contributed by atoms with van der Waals surface area (Å²) in [6.45, 7) is 8.46. The van der Waals surface area contributed by atoms with E-state index in [0.29, 0.717) is 0 Å². The van der Waals surface area contributed by atoms with Crippen molar-refractivity contribution in [1.29, 1.82) is 0 Å². The first-order valence-corrected chi connectivity index (χ1v) is 8.98. The first-order valence-electron chi connectivity index (χ1n) is 8.19. The van der Waals surface area contributed by atoms with Gasteiger partial charge in [-0.2, -0.15) is 0 Å². The van der Waals surface area contributed by atoms with Gasteiger partial charge in [-0.05, 0) is 72.6 Å². The minimum atomic E-state index is -0.0653. The van der Waals surface area contributed by atoms with Gasteiger partial charge in [0.15, 0.2) is 0 Å². The summed E-state index contributed by atoms with van der Waals surface area (Å²) in [7, 11) is 0. The first kappa shape index (κ1) is 18.3. The van der Waals surface area contributed by atoms with E-state index in [1.165, 1.54) is 5.69 Å². The summed E-state index contributed by atoms with van der Waals surface area (Å²) < 4.78 is 0.942. The van der Waals surface area contributed by atoms with E-state index in [1.807, 2.05) is 37.3 Å². The maximum Gasteiger partial charge on any atom is 0.243 e. The average Bonchev–Trinajstić information content (AvgIpc) is 2.57. The van der Waals surface area contributed by atoms with Gasteiger partial charge in [-0.25, -0.2) is 0 Å². The van der Waals surface area contributed by atoms with E-state index in [0.717, 1.165) is 34.5 Å². The molecule has 24 heavy (non-hydrogen) atoms. The Kier molecular flexibility index (Phi) is 6.67. The van der Waals surface area contributed by atoms with Crippen molar-refractivity contribution in [3.63, 3.8) is 0 Å². The molecule has 0 spiro atoms. The maximum absolute atomic E-state index is 12.2. The number of para-hydroxylation sites is 1. The summed E-state index contributed by atoms with van der Waals surface area (Å²) in [5.74, 6) is -0.0653. The van der Waals surface area contributed by atoms with Crippen LogP contribution in [0, 0.1) is 6.92 Å². The summed E-state index contributed by atoms with van der Waals surface area (Å²) in [6, 6.07) is 13.9. The molecule has 0 radical (unpaired) electrons. The Morgan fingerprint density at radius 3 is 2.42 bits per heavy atom. The van der Waals surface area contributed by atoms with Crippen LogP contribution < -0.4 is 15.5 Å². The standard InChI is InChI=1S/C19H24BrN3O/c1-4-23(5-2)15-10-11-17(14(3)12-15)22-19(24)13-21-18-9-7-6-8-16(18)20/h6-12,21H,4-5,13H2,1-3H3,(H,22,24). The molecule has 4 nitrogen and oxygen atoms in total. The van der Waals surface area contributed by atoms with Crippen LogP contribution in [-0.2, 0) is 4.79 Å². The van der Waals surface area contributed by atoms with Gasteiger partial charge in [-0.1, -0.05) is 12.1 Å². The summed E-state index contributed by atoms with van der Waals surface area (Å²) >= 11 is 3.46. The second-order valence-electron chi connectivity index (χ2n) is 5.55. The van der Waals surface area contributed by atoms with E-state index in [4.69, 9.17) is 0 Å². The van der Waals surface area contributed by atoms with Crippen LogP contribution in [0.4, 0.5) is 17.1 Å². The molecule has 0 aliphatic heterocycles. The molecule has 0 saturated heterocycles. The third kappa shape index (κ3) is 4.74. The van der Waals surface area contributed by atoms with Crippen molar-refractivity contribution in [3.05, 3.63) is 52.5 Å². The highest BCUT2D eigenvalue weighted by Crippen LogP contribution is 2.23. The molecule has 5 heteroatoms. The Balaban J connectivity index is 1.98. The predicted molar refractivity (Wildman–Crippen MR) is 106 cm³/mol. The predicted octanol–water partition coefficient (Wildman–Crippen LogP) is 4.65. The van der Waals surface area contributed by atoms with Gasteiger partial charge in [-0.15, -0.1) is 0 Å². The molecule has 0 atom stereocenters. The van der Waals surface area contributed by atoms with Gasteiger partial charge in [0.1, 0.15) is 0 Å². The lowest BCUT2D eigenvalue weighted by Crippen LogP contribution is -2.23. The molecule has 0 aliphatic rings. The van der Waals surface area contributed by atoms with Crippen molar-refractivity contribution in [2.45, 2.75) is 20.8 Å². The minimum Gasteiger partial charge on any atom is -0.375 e. The lowest BCUT2D eigenvalue weighted by molar-refractivity contribution is -0.114. The van der Waals surface area contributed by atoms with E-state index in [9.17, 15) is 4.79 Å². The van der Waals surface area contributed by atoms with Crippen molar-refractivity contribution >= 4 is 38.9 Å². The number of hydrogen-bond donors (Lipinski definition) is 2. The molecular formula is C19H24BrN3O. The van der Waals surface area contributed by atoms with Crippen molar-refractivity contribution < 1.29 is 4.79 Å². The number of nitrogens with one attached hydrogen (secondary N) is 2. The Morgan fingerprint density at radius 2 is 1.79 bits per heavy atom. The molecule has 0 aliphatic carbocycles. The Labute approximate surface area is 152 Å². The molecule has 2 rings (SSSR count). The quantitative estimate of drug-likeness (QED) is 0.723. The number of anilines is 3. The van der Waals surface area contributed by atoms with Crippen molar-refractivity contribution in [3.8, 4) is 0 Å². The van der Waals surface area contributed by atoms with Crippen LogP contribution in [0.2, 0.25) is 0 Å². The SMILES string of the molecule is CCN(CC)c1ccc(NC(=O)CNc2ccccc2Br)c(C)c1. The van der Waals surface area contributed by atoms with Crippen LogP contribution in [-0.4, -0.2) is 25.5 Å². The molecule has 0 aromatic heterocycles. The van der Waals surface area contributed by atoms with Crippen molar-refractivity contribution in [2.24, 2.45) is 0 Å². The number of aryl methyl sites for hydroxylation is 1. The van der Waals surface area contributed by atoms with E-state index in [1.54, 1.807) is 0 Å². The van der Waals surface area contributed by atoms with Gasteiger partial charge < -0.3 is 15.5 Å². The van der Waals surface area contributed by atoms with Crippen molar-refractivity contribution in [1.82, 2.24) is 0 Å². The van der Waals surface area contributed by atoms with Crippen LogP contribution in [0.25, 0.3) is 0 Å². The zero-order valence-corrected chi connectivity index (χ0v) is 16.0. The molecule has 0 unspecified atom stereocenters. The fraction of sp³-hybridized carbons (Fsp3) is 0.316. The summed E-state index contributed by atoms with van der Waals surface area (Å²) in [5.41, 5.74) is 4.00. The Hall–Kier alpha value is -2.01. The fourth-order valence-corrected chi connectivity index (χ4v) is 2.97. The van der Waals surface area contributed by atoms with Gasteiger partial charge in [0, 0.05) is 34.6 Å². The average molecular weight is 390 g/mol. The molecule has 2 aromatic carbocycles. The lowest BCUT2D eigenvalue weighted by atomic mass is 10.1. The Morgan fingerprint density at radius 1 is 1.08 bits per heavy atom. The van der Waals surface area contributed by atoms with Gasteiger partial charge in [0.05, 0.1) is 6.54 Å². The highest BCUT2D eigenvalue weighted by Gasteiger charge is 2.08. The highest BCUT2D eigenvalue weighted by atomic mass is 79.9. The van der Waals surface area contributed by atoms with Crippen LogP contribution in [0.1, 0.15) is 19.4 Å². The molecule has 0 saturated carbocycles. The third-order valence-corrected chi connectivity index (χ3v) is 4.62. The molecule has 0 bridgehead atoms. The van der Waals surface area contributed by atoms with Crippen LogP contribution in [0.5, 0.6) is 0 Å². The van der Waals surface area contributed by atoms with Crippen LogP contribution >= 0.6 is 15.9 Å². The molecule has 2 aromatic rings. The lowest BCUT2D eigenvalue weighted by Gasteiger charge is -2.22. The fourth-order valence-electron chi connectivity index (χ4n) is 2.55. The first-order chi connectivity index (χ1) is 11.5. The van der Waals surface area contributed by atoms with E-state index >= 15 is 0 Å². The van der Waals surface area contributed by atoms with Crippen molar-refractivity contribution in [2.75, 3.05) is 35.2 Å². The maximum atomic E-state index is 12.2. The topological polar surface area (TPSA) is 44.4 Å². The highest BCUT2D eigenvalue weighted by molar-refractivity contribution is 9.10. The Bertz CT molecular complexity index is 699. The number of amides is 1. The third-order valence-electron chi connectivity index (χ3n) is 3.93. The number of carbonyl (C=O) groups is 1. The summed E-state index contributed by atoms with van der Waals surface area (Å²) in [4.78, 5) is 14.5.